The number of rotatable bonds is 4. The molecule has 2 rings (SSSR count). The molecule has 0 aliphatic carbocycles. The third-order valence-corrected chi connectivity index (χ3v) is 3.58. The molecule has 0 saturated carbocycles. The number of benzene rings is 1. The van der Waals surface area contributed by atoms with Gasteiger partial charge in [0, 0.05) is 16.0 Å². The Morgan fingerprint density at radius 3 is 2.67 bits per heavy atom. The second-order valence-corrected chi connectivity index (χ2v) is 4.99. The molecule has 94 valence electrons. The van der Waals surface area contributed by atoms with Gasteiger partial charge in [0.05, 0.1) is 11.8 Å². The third kappa shape index (κ3) is 3.09. The summed E-state index contributed by atoms with van der Waals surface area (Å²) in [5.41, 5.74) is 0.649. The van der Waals surface area contributed by atoms with Gasteiger partial charge in [0.25, 0.3) is 0 Å². The van der Waals surface area contributed by atoms with Crippen molar-refractivity contribution in [2.75, 3.05) is 0 Å². The van der Waals surface area contributed by atoms with E-state index >= 15 is 0 Å². The quantitative estimate of drug-likeness (QED) is 0.910. The van der Waals surface area contributed by atoms with Gasteiger partial charge in [-0.05, 0) is 30.7 Å². The zero-order chi connectivity index (χ0) is 13.0. The zero-order valence-corrected chi connectivity index (χ0v) is 10.8. The number of aromatic nitrogens is 1. The van der Waals surface area contributed by atoms with Gasteiger partial charge in [-0.1, -0.05) is 30.8 Å². The molecule has 0 saturated heterocycles. The fourth-order valence-corrected chi connectivity index (χ4v) is 2.32. The van der Waals surface area contributed by atoms with Gasteiger partial charge >= 0.3 is 0 Å². The van der Waals surface area contributed by atoms with E-state index in [1.807, 2.05) is 13.0 Å². The van der Waals surface area contributed by atoms with Crippen LogP contribution in [0.3, 0.4) is 0 Å². The van der Waals surface area contributed by atoms with Gasteiger partial charge in [-0.2, -0.15) is 0 Å². The van der Waals surface area contributed by atoms with Gasteiger partial charge < -0.3 is 5.11 Å². The molecule has 1 N–H and O–H groups in total. The van der Waals surface area contributed by atoms with Crippen molar-refractivity contribution in [2.45, 2.75) is 29.2 Å². The molecule has 0 aliphatic heterocycles. The molecule has 0 bridgehead atoms. The van der Waals surface area contributed by atoms with E-state index in [2.05, 4.69) is 4.98 Å². The van der Waals surface area contributed by atoms with E-state index < -0.39 is 6.10 Å². The SMILES string of the molecule is CC[C@@H](O)c1ccc(Sc2ccccc2F)cn1. The highest BCUT2D eigenvalue weighted by molar-refractivity contribution is 7.99. The minimum absolute atomic E-state index is 0.236. The number of hydrogen-bond acceptors (Lipinski definition) is 3. The summed E-state index contributed by atoms with van der Waals surface area (Å²) in [6, 6.07) is 10.3. The summed E-state index contributed by atoms with van der Waals surface area (Å²) < 4.78 is 13.5. The Labute approximate surface area is 110 Å². The maximum absolute atomic E-state index is 13.5. The number of nitrogens with zero attached hydrogens (tertiary/aromatic N) is 1. The van der Waals surface area contributed by atoms with Crippen LogP contribution in [0.1, 0.15) is 25.1 Å². The van der Waals surface area contributed by atoms with Crippen molar-refractivity contribution < 1.29 is 9.50 Å². The molecule has 1 heterocycles. The first kappa shape index (κ1) is 13.1. The van der Waals surface area contributed by atoms with E-state index in [0.717, 1.165) is 4.90 Å². The minimum Gasteiger partial charge on any atom is -0.387 e. The van der Waals surface area contributed by atoms with Crippen LogP contribution in [0.15, 0.2) is 52.4 Å². The Kier molecular flexibility index (Phi) is 4.33. The first-order chi connectivity index (χ1) is 8.70. The molecule has 0 unspecified atom stereocenters. The summed E-state index contributed by atoms with van der Waals surface area (Å²) >= 11 is 1.32. The lowest BCUT2D eigenvalue weighted by molar-refractivity contribution is 0.169. The number of aliphatic hydroxyl groups is 1. The third-order valence-electron chi connectivity index (χ3n) is 2.55. The Morgan fingerprint density at radius 2 is 2.06 bits per heavy atom. The molecule has 18 heavy (non-hydrogen) atoms. The van der Waals surface area contributed by atoms with Crippen LogP contribution >= 0.6 is 11.8 Å². The van der Waals surface area contributed by atoms with Crippen LogP contribution in [0, 0.1) is 5.82 Å². The summed E-state index contributed by atoms with van der Waals surface area (Å²) in [6.45, 7) is 1.90. The van der Waals surface area contributed by atoms with Crippen molar-refractivity contribution in [1.82, 2.24) is 4.98 Å². The molecule has 0 aliphatic rings. The monoisotopic (exact) mass is 263 g/mol. The smallest absolute Gasteiger partial charge is 0.137 e. The average Bonchev–Trinajstić information content (AvgIpc) is 2.41. The van der Waals surface area contributed by atoms with Gasteiger partial charge in [0.1, 0.15) is 5.82 Å². The van der Waals surface area contributed by atoms with Crippen molar-refractivity contribution in [1.29, 1.82) is 0 Å². The van der Waals surface area contributed by atoms with Crippen molar-refractivity contribution in [2.24, 2.45) is 0 Å². The lowest BCUT2D eigenvalue weighted by atomic mass is 10.2. The first-order valence-electron chi connectivity index (χ1n) is 5.77. The van der Waals surface area contributed by atoms with Gasteiger partial charge in [0.15, 0.2) is 0 Å². The largest absolute Gasteiger partial charge is 0.387 e. The first-order valence-corrected chi connectivity index (χ1v) is 6.58. The molecule has 1 atom stereocenters. The Morgan fingerprint density at radius 1 is 1.28 bits per heavy atom. The number of hydrogen-bond donors (Lipinski definition) is 1. The van der Waals surface area contributed by atoms with Crippen LogP contribution in [-0.2, 0) is 0 Å². The molecule has 1 aromatic heterocycles. The van der Waals surface area contributed by atoms with E-state index in [9.17, 15) is 9.50 Å². The van der Waals surface area contributed by atoms with E-state index in [1.54, 1.807) is 30.5 Å². The highest BCUT2D eigenvalue weighted by Crippen LogP contribution is 2.29. The summed E-state index contributed by atoms with van der Waals surface area (Å²) in [5, 5.41) is 9.62. The average molecular weight is 263 g/mol. The summed E-state index contributed by atoms with van der Waals surface area (Å²) in [4.78, 5) is 5.61. The van der Waals surface area contributed by atoms with Gasteiger partial charge in [-0.3, -0.25) is 4.98 Å². The van der Waals surface area contributed by atoms with Crippen LogP contribution < -0.4 is 0 Å². The number of aliphatic hydroxyl groups excluding tert-OH is 1. The van der Waals surface area contributed by atoms with Crippen molar-refractivity contribution in [3.8, 4) is 0 Å². The number of halogens is 1. The highest BCUT2D eigenvalue weighted by atomic mass is 32.2. The van der Waals surface area contributed by atoms with Crippen molar-refractivity contribution in [3.05, 3.63) is 54.1 Å². The van der Waals surface area contributed by atoms with Crippen molar-refractivity contribution >= 4 is 11.8 Å². The second-order valence-electron chi connectivity index (χ2n) is 3.88. The maximum atomic E-state index is 13.5. The normalized spacial score (nSPS) is 12.4. The van der Waals surface area contributed by atoms with Crippen LogP contribution in [-0.4, -0.2) is 10.1 Å². The fraction of sp³-hybridized carbons (Fsp3) is 0.214. The van der Waals surface area contributed by atoms with Gasteiger partial charge in [-0.15, -0.1) is 0 Å². The molecular weight excluding hydrogens is 249 g/mol. The van der Waals surface area contributed by atoms with E-state index in [-0.39, 0.29) is 5.82 Å². The summed E-state index contributed by atoms with van der Waals surface area (Å²) in [7, 11) is 0. The fourth-order valence-electron chi connectivity index (χ4n) is 1.51. The summed E-state index contributed by atoms with van der Waals surface area (Å²) in [6.07, 6.45) is 1.76. The molecule has 0 radical (unpaired) electrons. The summed E-state index contributed by atoms with van der Waals surface area (Å²) in [5.74, 6) is -0.236. The Hall–Kier alpha value is -1.39. The lowest BCUT2D eigenvalue weighted by Crippen LogP contribution is -1.97. The van der Waals surface area contributed by atoms with Gasteiger partial charge in [0.2, 0.25) is 0 Å². The highest BCUT2D eigenvalue weighted by Gasteiger charge is 2.07. The van der Waals surface area contributed by atoms with Gasteiger partial charge in [-0.25, -0.2) is 4.39 Å². The van der Waals surface area contributed by atoms with Crippen LogP contribution in [0.25, 0.3) is 0 Å². The molecule has 0 spiro atoms. The predicted octanol–water partition coefficient (Wildman–Crippen LogP) is 3.82. The van der Waals surface area contributed by atoms with Crippen LogP contribution in [0.5, 0.6) is 0 Å². The predicted molar refractivity (Wildman–Crippen MR) is 70.0 cm³/mol. The zero-order valence-electron chi connectivity index (χ0n) is 10.0. The maximum Gasteiger partial charge on any atom is 0.137 e. The molecule has 4 heteroatoms. The van der Waals surface area contributed by atoms with E-state index in [4.69, 9.17) is 0 Å². The molecule has 2 nitrogen and oxygen atoms in total. The second kappa shape index (κ2) is 5.98. The Balaban J connectivity index is 2.14. The molecule has 2 aromatic rings. The molecule has 0 fully saturated rings. The molecule has 1 aromatic carbocycles. The molecular formula is C14H14FNOS. The topological polar surface area (TPSA) is 33.1 Å². The van der Waals surface area contributed by atoms with E-state index in [0.29, 0.717) is 17.0 Å². The van der Waals surface area contributed by atoms with Crippen LogP contribution in [0.4, 0.5) is 4.39 Å². The lowest BCUT2D eigenvalue weighted by Gasteiger charge is -2.08. The van der Waals surface area contributed by atoms with Crippen LogP contribution in [0.2, 0.25) is 0 Å². The van der Waals surface area contributed by atoms with E-state index in [1.165, 1.54) is 17.8 Å². The van der Waals surface area contributed by atoms with Crippen molar-refractivity contribution in [3.63, 3.8) is 0 Å². The Bertz CT molecular complexity index is 515. The number of pyridine rings is 1. The standard InChI is InChI=1S/C14H14FNOS/c1-2-13(17)12-8-7-10(9-16-12)18-14-6-4-3-5-11(14)15/h3-9,13,17H,2H2,1H3/t13-/m1/s1. The molecule has 0 amide bonds. The minimum atomic E-state index is -0.530.